The van der Waals surface area contributed by atoms with Crippen molar-refractivity contribution in [3.05, 3.63) is 36.0 Å². The molecule has 0 aliphatic heterocycles. The molecule has 0 saturated carbocycles. The van der Waals surface area contributed by atoms with Crippen molar-refractivity contribution in [2.45, 2.75) is 6.92 Å². The second-order valence-electron chi connectivity index (χ2n) is 3.33. The predicted octanol–water partition coefficient (Wildman–Crippen LogP) is 2.03. The van der Waals surface area contributed by atoms with E-state index in [0.29, 0.717) is 11.6 Å². The molecule has 0 radical (unpaired) electrons. The summed E-state index contributed by atoms with van der Waals surface area (Å²) in [5.74, 6) is -0.0408. The highest BCUT2D eigenvalue weighted by Crippen LogP contribution is 2.23. The van der Waals surface area contributed by atoms with E-state index in [1.54, 1.807) is 25.5 Å². The number of anilines is 1. The van der Waals surface area contributed by atoms with Crippen molar-refractivity contribution in [3.8, 4) is 11.3 Å². The molecule has 0 spiro atoms. The summed E-state index contributed by atoms with van der Waals surface area (Å²) in [7, 11) is 1.69. The van der Waals surface area contributed by atoms with Crippen LogP contribution >= 0.6 is 0 Å². The third-order valence-corrected chi connectivity index (χ3v) is 2.24. The Hall–Kier alpha value is -2.04. The fraction of sp³-hybridized carbons (Fsp3) is 0.182. The van der Waals surface area contributed by atoms with Gasteiger partial charge in [0.1, 0.15) is 5.69 Å². The zero-order valence-electron chi connectivity index (χ0n) is 9.03. The number of pyridine rings is 1. The summed E-state index contributed by atoms with van der Waals surface area (Å²) in [4.78, 5) is 11.9. The zero-order chi connectivity index (χ0) is 11.5. The van der Waals surface area contributed by atoms with Gasteiger partial charge in [-0.25, -0.2) is 14.4 Å². The van der Waals surface area contributed by atoms with Crippen LogP contribution in [0, 0.1) is 12.7 Å². The Bertz CT molecular complexity index is 513. The first-order valence-corrected chi connectivity index (χ1v) is 4.83. The van der Waals surface area contributed by atoms with E-state index in [2.05, 4.69) is 20.3 Å². The maximum absolute atomic E-state index is 13.6. The first-order valence-electron chi connectivity index (χ1n) is 4.83. The van der Waals surface area contributed by atoms with Gasteiger partial charge < -0.3 is 5.32 Å². The van der Waals surface area contributed by atoms with Gasteiger partial charge in [0.05, 0.1) is 6.20 Å². The minimum absolute atomic E-state index is 0.291. The number of hydrogen-bond acceptors (Lipinski definition) is 4. The summed E-state index contributed by atoms with van der Waals surface area (Å²) >= 11 is 0. The van der Waals surface area contributed by atoms with Crippen LogP contribution in [0.5, 0.6) is 0 Å². The smallest absolute Gasteiger partial charge is 0.223 e. The molecule has 0 fully saturated rings. The number of nitrogens with one attached hydrogen (secondary N) is 1. The number of aryl methyl sites for hydroxylation is 1. The third kappa shape index (κ3) is 1.84. The van der Waals surface area contributed by atoms with Crippen molar-refractivity contribution in [1.29, 1.82) is 0 Å². The van der Waals surface area contributed by atoms with Crippen molar-refractivity contribution < 1.29 is 4.39 Å². The molecule has 82 valence electrons. The van der Waals surface area contributed by atoms with Crippen LogP contribution in [0.25, 0.3) is 11.3 Å². The summed E-state index contributed by atoms with van der Waals surface area (Å²) in [6.07, 6.45) is 4.45. The number of hydrogen-bond donors (Lipinski definition) is 1. The second kappa shape index (κ2) is 4.22. The molecule has 0 unspecified atom stereocenters. The summed E-state index contributed by atoms with van der Waals surface area (Å²) in [6.45, 7) is 1.86. The lowest BCUT2D eigenvalue weighted by molar-refractivity contribution is 0.618. The van der Waals surface area contributed by atoms with Gasteiger partial charge in [-0.15, -0.1) is 0 Å². The van der Waals surface area contributed by atoms with Crippen LogP contribution < -0.4 is 5.32 Å². The van der Waals surface area contributed by atoms with E-state index in [1.807, 2.05) is 6.92 Å². The molecule has 2 heterocycles. The van der Waals surface area contributed by atoms with E-state index in [0.717, 1.165) is 17.3 Å². The molecular weight excluding hydrogens is 207 g/mol. The summed E-state index contributed by atoms with van der Waals surface area (Å²) in [5, 5.41) is 2.78. The van der Waals surface area contributed by atoms with Crippen LogP contribution in [-0.4, -0.2) is 22.0 Å². The van der Waals surface area contributed by atoms with E-state index >= 15 is 0 Å². The molecule has 0 aliphatic carbocycles. The lowest BCUT2D eigenvalue weighted by Gasteiger charge is -2.06. The molecule has 2 rings (SSSR count). The van der Waals surface area contributed by atoms with Crippen molar-refractivity contribution in [2.75, 3.05) is 12.4 Å². The normalized spacial score (nSPS) is 10.2. The van der Waals surface area contributed by atoms with Crippen molar-refractivity contribution in [2.24, 2.45) is 0 Å². The summed E-state index contributed by atoms with van der Waals surface area (Å²) in [5.41, 5.74) is 1.90. The van der Waals surface area contributed by atoms with E-state index in [1.165, 1.54) is 0 Å². The highest BCUT2D eigenvalue weighted by Gasteiger charge is 2.10. The molecule has 0 aromatic carbocycles. The number of aromatic nitrogens is 3. The minimum Gasteiger partial charge on any atom is -0.357 e. The first kappa shape index (κ1) is 10.5. The standard InChI is InChI=1S/C11H11FN4/c1-7-5-14-4-3-8(7)10-9(12)6-15-11(13-2)16-10/h3-6H,1-2H3,(H,13,15,16). The van der Waals surface area contributed by atoms with Crippen molar-refractivity contribution in [3.63, 3.8) is 0 Å². The molecule has 16 heavy (non-hydrogen) atoms. The molecule has 2 aromatic heterocycles. The van der Waals surface area contributed by atoms with Gasteiger partial charge in [0, 0.05) is 25.0 Å². The minimum atomic E-state index is -0.437. The van der Waals surface area contributed by atoms with Crippen LogP contribution in [0.2, 0.25) is 0 Å². The average Bonchev–Trinajstić information content (AvgIpc) is 2.31. The van der Waals surface area contributed by atoms with E-state index in [9.17, 15) is 4.39 Å². The molecule has 0 aliphatic rings. The first-order chi connectivity index (χ1) is 7.72. The van der Waals surface area contributed by atoms with Crippen LogP contribution in [0.3, 0.4) is 0 Å². The monoisotopic (exact) mass is 218 g/mol. The van der Waals surface area contributed by atoms with Crippen LogP contribution in [0.4, 0.5) is 10.3 Å². The fourth-order valence-electron chi connectivity index (χ4n) is 1.42. The summed E-state index contributed by atoms with van der Waals surface area (Å²) < 4.78 is 13.6. The van der Waals surface area contributed by atoms with Crippen molar-refractivity contribution in [1.82, 2.24) is 15.0 Å². The van der Waals surface area contributed by atoms with Gasteiger partial charge in [0.15, 0.2) is 5.82 Å². The molecule has 0 amide bonds. The molecule has 0 saturated heterocycles. The molecule has 1 N–H and O–H groups in total. The Labute approximate surface area is 92.6 Å². The largest absolute Gasteiger partial charge is 0.357 e. The quantitative estimate of drug-likeness (QED) is 0.837. The van der Waals surface area contributed by atoms with Crippen LogP contribution in [0.15, 0.2) is 24.7 Å². The highest BCUT2D eigenvalue weighted by atomic mass is 19.1. The van der Waals surface area contributed by atoms with Gasteiger partial charge in [-0.1, -0.05) is 0 Å². The number of nitrogens with zero attached hydrogens (tertiary/aromatic N) is 3. The van der Waals surface area contributed by atoms with Gasteiger partial charge >= 0.3 is 0 Å². The third-order valence-electron chi connectivity index (χ3n) is 2.24. The van der Waals surface area contributed by atoms with E-state index < -0.39 is 5.82 Å². The molecule has 0 atom stereocenters. The van der Waals surface area contributed by atoms with Gasteiger partial charge in [0.25, 0.3) is 0 Å². The average molecular weight is 218 g/mol. The number of halogens is 1. The molecule has 2 aromatic rings. The maximum atomic E-state index is 13.6. The van der Waals surface area contributed by atoms with Crippen LogP contribution in [-0.2, 0) is 0 Å². The molecule has 5 heteroatoms. The lowest BCUT2D eigenvalue weighted by atomic mass is 10.1. The SMILES string of the molecule is CNc1ncc(F)c(-c2ccncc2C)n1. The van der Waals surface area contributed by atoms with Gasteiger partial charge in [-0.2, -0.15) is 0 Å². The Morgan fingerprint density at radius 3 is 2.81 bits per heavy atom. The molecule has 4 nitrogen and oxygen atoms in total. The van der Waals surface area contributed by atoms with E-state index in [4.69, 9.17) is 0 Å². The Morgan fingerprint density at radius 2 is 2.12 bits per heavy atom. The predicted molar refractivity (Wildman–Crippen MR) is 59.5 cm³/mol. The van der Waals surface area contributed by atoms with E-state index in [-0.39, 0.29) is 0 Å². The Morgan fingerprint density at radius 1 is 1.31 bits per heavy atom. The Balaban J connectivity index is 2.59. The summed E-state index contributed by atoms with van der Waals surface area (Å²) in [6, 6.07) is 1.74. The second-order valence-corrected chi connectivity index (χ2v) is 3.33. The molecular formula is C11H11FN4. The fourth-order valence-corrected chi connectivity index (χ4v) is 1.42. The van der Waals surface area contributed by atoms with Crippen molar-refractivity contribution >= 4 is 5.95 Å². The number of rotatable bonds is 2. The molecule has 0 bridgehead atoms. The van der Waals surface area contributed by atoms with Gasteiger partial charge in [-0.05, 0) is 18.6 Å². The lowest BCUT2D eigenvalue weighted by Crippen LogP contribution is -2.00. The van der Waals surface area contributed by atoms with Crippen LogP contribution in [0.1, 0.15) is 5.56 Å². The Kier molecular flexibility index (Phi) is 2.76. The topological polar surface area (TPSA) is 50.7 Å². The maximum Gasteiger partial charge on any atom is 0.223 e. The van der Waals surface area contributed by atoms with Gasteiger partial charge in [0.2, 0.25) is 5.95 Å². The highest BCUT2D eigenvalue weighted by molar-refractivity contribution is 5.63. The zero-order valence-corrected chi connectivity index (χ0v) is 9.03. The van der Waals surface area contributed by atoms with Gasteiger partial charge in [-0.3, -0.25) is 4.98 Å².